The fourth-order valence-corrected chi connectivity index (χ4v) is 3.05. The average Bonchev–Trinajstić information content (AvgIpc) is 3.24. The summed E-state index contributed by atoms with van der Waals surface area (Å²) in [5.41, 5.74) is 2.33. The van der Waals surface area contributed by atoms with Gasteiger partial charge in [-0.3, -0.25) is 9.48 Å². The van der Waals surface area contributed by atoms with Crippen LogP contribution in [0.3, 0.4) is 0 Å². The van der Waals surface area contributed by atoms with Crippen molar-refractivity contribution in [2.24, 2.45) is 0 Å². The monoisotopic (exact) mass is 301 g/mol. The van der Waals surface area contributed by atoms with Gasteiger partial charge in [0.1, 0.15) is 0 Å². The molecule has 1 aliphatic heterocycles. The van der Waals surface area contributed by atoms with Crippen molar-refractivity contribution in [3.8, 4) is 0 Å². The summed E-state index contributed by atoms with van der Waals surface area (Å²) in [4.78, 5) is 21.3. The van der Waals surface area contributed by atoms with E-state index in [1.54, 1.807) is 12.5 Å². The van der Waals surface area contributed by atoms with Crippen LogP contribution in [0.1, 0.15) is 43.4 Å². The minimum Gasteiger partial charge on any atom is -0.348 e. The number of imidazole rings is 1. The number of hydrogen-bond acceptors (Lipinski definition) is 3. The van der Waals surface area contributed by atoms with E-state index >= 15 is 0 Å². The lowest BCUT2D eigenvalue weighted by Gasteiger charge is -2.31. The van der Waals surface area contributed by atoms with Crippen molar-refractivity contribution in [3.05, 3.63) is 36.2 Å². The highest BCUT2D eigenvalue weighted by Crippen LogP contribution is 2.27. The standard InChI is InChI=1S/C16H23N5O/c1-2-21-11-14(9-19-21)13-5-7-20(8-6-13)16(22)4-3-15-10-17-12-18-15/h9-13H,2-8H2,1H3,(H,17,18). The number of aryl methyl sites for hydroxylation is 2. The second-order valence-electron chi connectivity index (χ2n) is 5.86. The van der Waals surface area contributed by atoms with Crippen molar-refractivity contribution in [1.29, 1.82) is 0 Å². The molecule has 0 spiro atoms. The molecule has 1 N–H and O–H groups in total. The predicted molar refractivity (Wildman–Crippen MR) is 83.4 cm³/mol. The third-order valence-electron chi connectivity index (χ3n) is 4.46. The summed E-state index contributed by atoms with van der Waals surface area (Å²) in [5, 5.41) is 4.35. The predicted octanol–water partition coefficient (Wildman–Crippen LogP) is 1.96. The molecule has 3 rings (SSSR count). The maximum absolute atomic E-state index is 12.3. The molecule has 0 saturated carbocycles. The summed E-state index contributed by atoms with van der Waals surface area (Å²) >= 11 is 0. The molecule has 1 saturated heterocycles. The Morgan fingerprint density at radius 2 is 2.18 bits per heavy atom. The van der Waals surface area contributed by atoms with Gasteiger partial charge in [-0.2, -0.15) is 5.10 Å². The molecule has 2 aromatic heterocycles. The molecule has 0 aliphatic carbocycles. The summed E-state index contributed by atoms with van der Waals surface area (Å²) < 4.78 is 1.97. The Balaban J connectivity index is 1.47. The first-order chi connectivity index (χ1) is 10.8. The molecular formula is C16H23N5O. The molecule has 0 bridgehead atoms. The van der Waals surface area contributed by atoms with Crippen LogP contribution in [-0.2, 0) is 17.8 Å². The number of amides is 1. The van der Waals surface area contributed by atoms with Gasteiger partial charge in [0.15, 0.2) is 0 Å². The fourth-order valence-electron chi connectivity index (χ4n) is 3.05. The van der Waals surface area contributed by atoms with Crippen molar-refractivity contribution in [2.45, 2.75) is 45.1 Å². The molecule has 1 aliphatic rings. The molecule has 118 valence electrons. The van der Waals surface area contributed by atoms with Crippen LogP contribution in [0.25, 0.3) is 0 Å². The van der Waals surface area contributed by atoms with E-state index in [4.69, 9.17) is 0 Å². The fraction of sp³-hybridized carbons (Fsp3) is 0.562. The first kappa shape index (κ1) is 14.8. The molecule has 2 aromatic rings. The first-order valence-corrected chi connectivity index (χ1v) is 8.03. The minimum absolute atomic E-state index is 0.248. The lowest BCUT2D eigenvalue weighted by molar-refractivity contribution is -0.132. The van der Waals surface area contributed by atoms with Crippen LogP contribution < -0.4 is 0 Å². The lowest BCUT2D eigenvalue weighted by Crippen LogP contribution is -2.38. The number of nitrogens with one attached hydrogen (secondary N) is 1. The van der Waals surface area contributed by atoms with Gasteiger partial charge in [0.05, 0.1) is 12.5 Å². The van der Waals surface area contributed by atoms with Gasteiger partial charge in [0.25, 0.3) is 0 Å². The quantitative estimate of drug-likeness (QED) is 0.918. The molecule has 0 radical (unpaired) electrons. The van der Waals surface area contributed by atoms with E-state index in [0.717, 1.165) is 44.6 Å². The molecule has 0 unspecified atom stereocenters. The number of hydrogen-bond donors (Lipinski definition) is 1. The molecule has 6 nitrogen and oxygen atoms in total. The SMILES string of the molecule is CCn1cc(C2CCN(C(=O)CCc3cnc[nH]3)CC2)cn1. The molecule has 1 amide bonds. The Hall–Kier alpha value is -2.11. The Morgan fingerprint density at radius 1 is 1.36 bits per heavy atom. The Bertz CT molecular complexity index is 596. The van der Waals surface area contributed by atoms with Crippen LogP contribution in [-0.4, -0.2) is 43.6 Å². The van der Waals surface area contributed by atoms with Crippen molar-refractivity contribution >= 4 is 5.91 Å². The van der Waals surface area contributed by atoms with Crippen molar-refractivity contribution in [2.75, 3.05) is 13.1 Å². The highest BCUT2D eigenvalue weighted by atomic mass is 16.2. The molecule has 1 fully saturated rings. The van der Waals surface area contributed by atoms with Gasteiger partial charge < -0.3 is 9.88 Å². The topological polar surface area (TPSA) is 66.8 Å². The number of rotatable bonds is 5. The van der Waals surface area contributed by atoms with Crippen LogP contribution in [0.2, 0.25) is 0 Å². The summed E-state index contributed by atoms with van der Waals surface area (Å²) in [5.74, 6) is 0.786. The van der Waals surface area contributed by atoms with E-state index in [9.17, 15) is 4.79 Å². The largest absolute Gasteiger partial charge is 0.348 e. The van der Waals surface area contributed by atoms with Crippen LogP contribution in [0.5, 0.6) is 0 Å². The lowest BCUT2D eigenvalue weighted by atomic mass is 9.91. The van der Waals surface area contributed by atoms with Gasteiger partial charge in [-0.25, -0.2) is 4.98 Å². The maximum Gasteiger partial charge on any atom is 0.222 e. The van der Waals surface area contributed by atoms with E-state index in [1.807, 2.05) is 15.8 Å². The molecule has 3 heterocycles. The number of aromatic amines is 1. The van der Waals surface area contributed by atoms with Gasteiger partial charge in [-0.1, -0.05) is 0 Å². The van der Waals surface area contributed by atoms with Crippen LogP contribution in [0.4, 0.5) is 0 Å². The maximum atomic E-state index is 12.3. The van der Waals surface area contributed by atoms with Crippen LogP contribution in [0.15, 0.2) is 24.9 Å². The van der Waals surface area contributed by atoms with E-state index in [0.29, 0.717) is 12.3 Å². The Kier molecular flexibility index (Phi) is 4.56. The zero-order valence-corrected chi connectivity index (χ0v) is 13.0. The molecule has 22 heavy (non-hydrogen) atoms. The summed E-state index contributed by atoms with van der Waals surface area (Å²) in [7, 11) is 0. The van der Waals surface area contributed by atoms with Gasteiger partial charge >= 0.3 is 0 Å². The zero-order valence-electron chi connectivity index (χ0n) is 13.0. The molecule has 6 heteroatoms. The van der Waals surface area contributed by atoms with Crippen LogP contribution in [0, 0.1) is 0 Å². The van der Waals surface area contributed by atoms with E-state index in [1.165, 1.54) is 5.56 Å². The Morgan fingerprint density at radius 3 is 2.82 bits per heavy atom. The number of aromatic nitrogens is 4. The number of carbonyl (C=O) groups is 1. The van der Waals surface area contributed by atoms with E-state index < -0.39 is 0 Å². The summed E-state index contributed by atoms with van der Waals surface area (Å²) in [6.45, 7) is 4.70. The van der Waals surface area contributed by atoms with Crippen molar-refractivity contribution in [3.63, 3.8) is 0 Å². The Labute approximate surface area is 130 Å². The third-order valence-corrected chi connectivity index (χ3v) is 4.46. The summed E-state index contributed by atoms with van der Waals surface area (Å²) in [6, 6.07) is 0. The van der Waals surface area contributed by atoms with Gasteiger partial charge in [-0.15, -0.1) is 0 Å². The molecular weight excluding hydrogens is 278 g/mol. The van der Waals surface area contributed by atoms with E-state index in [-0.39, 0.29) is 5.91 Å². The third kappa shape index (κ3) is 3.37. The second kappa shape index (κ2) is 6.77. The zero-order chi connectivity index (χ0) is 15.4. The number of H-pyrrole nitrogens is 1. The highest BCUT2D eigenvalue weighted by molar-refractivity contribution is 5.76. The number of likely N-dealkylation sites (tertiary alicyclic amines) is 1. The summed E-state index contributed by atoms with van der Waals surface area (Å²) in [6.07, 6.45) is 10.9. The van der Waals surface area contributed by atoms with Crippen LogP contribution >= 0.6 is 0 Å². The highest BCUT2D eigenvalue weighted by Gasteiger charge is 2.24. The molecule has 0 atom stereocenters. The second-order valence-corrected chi connectivity index (χ2v) is 5.86. The minimum atomic E-state index is 0.248. The normalized spacial score (nSPS) is 16.1. The smallest absolute Gasteiger partial charge is 0.222 e. The van der Waals surface area contributed by atoms with E-state index in [2.05, 4.69) is 28.2 Å². The van der Waals surface area contributed by atoms with Gasteiger partial charge in [0.2, 0.25) is 5.91 Å². The number of carbonyl (C=O) groups excluding carboxylic acids is 1. The molecule has 0 aromatic carbocycles. The van der Waals surface area contributed by atoms with Gasteiger partial charge in [0, 0.05) is 44.1 Å². The number of piperidine rings is 1. The van der Waals surface area contributed by atoms with Gasteiger partial charge in [-0.05, 0) is 37.7 Å². The first-order valence-electron chi connectivity index (χ1n) is 8.03. The number of nitrogens with zero attached hydrogens (tertiary/aromatic N) is 4. The van der Waals surface area contributed by atoms with Crippen molar-refractivity contribution < 1.29 is 4.79 Å². The van der Waals surface area contributed by atoms with Crippen molar-refractivity contribution in [1.82, 2.24) is 24.6 Å². The average molecular weight is 301 g/mol.